The number of benzene rings is 3. The number of fused-ring (bicyclic) bond motifs is 2. The number of nitrogens with zero attached hydrogens (tertiary/aromatic N) is 5. The number of halogens is 3. The van der Waals surface area contributed by atoms with Crippen LogP contribution in [0.5, 0.6) is 0 Å². The Balaban J connectivity index is 1.27. The highest BCUT2D eigenvalue weighted by Gasteiger charge is 2.47. The number of nitrogens with one attached hydrogen (secondary N) is 1. The summed E-state index contributed by atoms with van der Waals surface area (Å²) in [5, 5.41) is 9.01. The van der Waals surface area contributed by atoms with Gasteiger partial charge in [-0.15, -0.1) is 0 Å². The molecular formula is C34H31F3N6O4. The van der Waals surface area contributed by atoms with Gasteiger partial charge < -0.3 is 15.0 Å². The largest absolute Gasteiger partial charge is 0.471 e. The van der Waals surface area contributed by atoms with E-state index < -0.39 is 35.6 Å². The monoisotopic (exact) mass is 644 g/mol. The Hall–Kier alpha value is -5.33. The number of ketones is 1. The molecule has 1 atom stereocenters. The molecule has 1 fully saturated rings. The van der Waals surface area contributed by atoms with Gasteiger partial charge in [-0.2, -0.15) is 23.0 Å². The number of aromatic nitrogens is 4. The van der Waals surface area contributed by atoms with Crippen LogP contribution in [0.1, 0.15) is 39.2 Å². The summed E-state index contributed by atoms with van der Waals surface area (Å²) in [4.78, 5) is 47.8. The highest BCUT2D eigenvalue weighted by atomic mass is 19.4. The molecule has 6 rings (SSSR count). The number of hydrogen-bond acceptors (Lipinski definition) is 8. The Morgan fingerprint density at radius 1 is 0.979 bits per heavy atom. The van der Waals surface area contributed by atoms with Crippen LogP contribution in [0.4, 0.5) is 29.5 Å². The lowest BCUT2D eigenvalue weighted by atomic mass is 10.00. The third-order valence-corrected chi connectivity index (χ3v) is 7.69. The van der Waals surface area contributed by atoms with Crippen LogP contribution in [0.15, 0.2) is 72.9 Å². The molecule has 242 valence electrons. The number of para-hydroxylation sites is 1. The van der Waals surface area contributed by atoms with Crippen molar-refractivity contribution in [3.63, 3.8) is 0 Å². The molecule has 1 saturated heterocycles. The number of alkyl halides is 3. The number of rotatable bonds is 6. The van der Waals surface area contributed by atoms with E-state index in [-0.39, 0.29) is 19.4 Å². The van der Waals surface area contributed by atoms with Crippen molar-refractivity contribution in [2.75, 3.05) is 11.9 Å². The quantitative estimate of drug-likeness (QED) is 0.214. The van der Waals surface area contributed by atoms with E-state index in [0.29, 0.717) is 56.2 Å². The number of carbonyl (C=O) groups excluding carboxylic acids is 3. The first-order valence-electron chi connectivity index (χ1n) is 15.0. The smallest absolute Gasteiger partial charge is 0.442 e. The Bertz CT molecular complexity index is 2020. The predicted octanol–water partition coefficient (Wildman–Crippen LogP) is 6.84. The summed E-state index contributed by atoms with van der Waals surface area (Å²) in [6, 6.07) is 18.7. The highest BCUT2D eigenvalue weighted by Crippen LogP contribution is 2.31. The zero-order valence-corrected chi connectivity index (χ0v) is 25.8. The van der Waals surface area contributed by atoms with E-state index in [1.165, 1.54) is 4.68 Å². The Morgan fingerprint density at radius 3 is 2.53 bits per heavy atom. The molecular weight excluding hydrogens is 613 g/mol. The van der Waals surface area contributed by atoms with Crippen molar-refractivity contribution in [2.45, 2.75) is 57.9 Å². The van der Waals surface area contributed by atoms with Crippen molar-refractivity contribution in [1.82, 2.24) is 24.6 Å². The van der Waals surface area contributed by atoms with E-state index in [2.05, 4.69) is 10.4 Å². The first-order chi connectivity index (χ1) is 22.3. The molecule has 1 aliphatic rings. The van der Waals surface area contributed by atoms with Crippen LogP contribution in [0.25, 0.3) is 33.2 Å². The van der Waals surface area contributed by atoms with Gasteiger partial charge in [0.05, 0.1) is 23.3 Å². The van der Waals surface area contributed by atoms with E-state index in [9.17, 15) is 27.6 Å². The second kappa shape index (κ2) is 12.1. The van der Waals surface area contributed by atoms with Gasteiger partial charge in [-0.05, 0) is 75.6 Å². The lowest BCUT2D eigenvalue weighted by molar-refractivity contribution is -0.186. The molecule has 1 unspecified atom stereocenters. The Labute approximate surface area is 267 Å². The summed E-state index contributed by atoms with van der Waals surface area (Å²) in [7, 11) is 0. The minimum absolute atomic E-state index is 0.103. The van der Waals surface area contributed by atoms with Crippen molar-refractivity contribution in [3.05, 3.63) is 78.5 Å². The molecule has 0 radical (unpaired) electrons. The third-order valence-electron chi connectivity index (χ3n) is 7.69. The number of anilines is 2. The number of amides is 1. The van der Waals surface area contributed by atoms with Crippen molar-refractivity contribution < 1.29 is 32.3 Å². The standard InChI is InChI=1S/C34H31F3N6O4/c1-33(2,3)47-32(46)43-26-14-13-23(18-22(26)19-38-43)39-30-24-10-4-5-11-25(24)40-29(41-30)21-9-6-8-20(16-21)17-28(44)27-12-7-15-42(27)31(45)34(35,36)37/h4-6,8-11,13-14,16,18-19,27H,7,12,15,17H2,1-3H3,(H,39,40,41). The van der Waals surface area contributed by atoms with Gasteiger partial charge in [0.15, 0.2) is 11.6 Å². The van der Waals surface area contributed by atoms with Gasteiger partial charge in [0.25, 0.3) is 0 Å². The first kappa shape index (κ1) is 31.6. The molecule has 5 aromatic rings. The molecule has 0 bridgehead atoms. The molecule has 0 spiro atoms. The van der Waals surface area contributed by atoms with E-state index in [0.717, 1.165) is 5.39 Å². The molecule has 47 heavy (non-hydrogen) atoms. The summed E-state index contributed by atoms with van der Waals surface area (Å²) < 4.78 is 45.9. The van der Waals surface area contributed by atoms with Gasteiger partial charge in [0.2, 0.25) is 0 Å². The van der Waals surface area contributed by atoms with Crippen LogP contribution in [0.3, 0.4) is 0 Å². The maximum atomic E-state index is 13.1. The second-order valence-electron chi connectivity index (χ2n) is 12.3. The van der Waals surface area contributed by atoms with Crippen LogP contribution in [-0.2, 0) is 20.7 Å². The van der Waals surface area contributed by atoms with Gasteiger partial charge in [-0.25, -0.2) is 14.8 Å². The van der Waals surface area contributed by atoms with Gasteiger partial charge in [0, 0.05) is 35.0 Å². The second-order valence-corrected chi connectivity index (χ2v) is 12.3. The van der Waals surface area contributed by atoms with E-state index >= 15 is 0 Å². The third kappa shape index (κ3) is 6.79. The van der Waals surface area contributed by atoms with Crippen molar-refractivity contribution in [2.24, 2.45) is 0 Å². The summed E-state index contributed by atoms with van der Waals surface area (Å²) >= 11 is 0. The molecule has 0 aliphatic carbocycles. The number of ether oxygens (including phenoxy) is 1. The molecule has 1 amide bonds. The number of likely N-dealkylation sites (tertiary alicyclic amines) is 1. The van der Waals surface area contributed by atoms with Crippen molar-refractivity contribution >= 4 is 51.1 Å². The Morgan fingerprint density at radius 2 is 1.77 bits per heavy atom. The first-order valence-corrected chi connectivity index (χ1v) is 15.0. The van der Waals surface area contributed by atoms with Crippen LogP contribution in [0, 0.1) is 0 Å². The maximum Gasteiger partial charge on any atom is 0.471 e. The molecule has 10 nitrogen and oxygen atoms in total. The summed E-state index contributed by atoms with van der Waals surface area (Å²) in [5.41, 5.74) is 2.42. The van der Waals surface area contributed by atoms with E-state index in [1.54, 1.807) is 63.4 Å². The topological polar surface area (TPSA) is 119 Å². The zero-order chi connectivity index (χ0) is 33.5. The normalized spacial score (nSPS) is 15.3. The number of Topliss-reactive ketones (excluding diaryl/α,β-unsaturated/α-hetero) is 1. The molecule has 3 aromatic carbocycles. The fraction of sp³-hybridized carbons (Fsp3) is 0.294. The van der Waals surface area contributed by atoms with Crippen LogP contribution in [0.2, 0.25) is 0 Å². The average molecular weight is 645 g/mol. The number of carbonyl (C=O) groups is 3. The Kier molecular flexibility index (Phi) is 8.16. The molecule has 2 aromatic heterocycles. The van der Waals surface area contributed by atoms with Gasteiger partial charge in [-0.1, -0.05) is 30.3 Å². The number of hydrogen-bond donors (Lipinski definition) is 1. The van der Waals surface area contributed by atoms with Gasteiger partial charge in [0.1, 0.15) is 11.4 Å². The fourth-order valence-corrected chi connectivity index (χ4v) is 5.65. The van der Waals surface area contributed by atoms with Gasteiger partial charge in [-0.3, -0.25) is 9.59 Å². The van der Waals surface area contributed by atoms with E-state index in [4.69, 9.17) is 14.7 Å². The summed E-state index contributed by atoms with van der Waals surface area (Å²) in [6.45, 7) is 5.24. The lowest BCUT2D eigenvalue weighted by Crippen LogP contribution is -2.47. The minimum atomic E-state index is -5.03. The van der Waals surface area contributed by atoms with Crippen LogP contribution >= 0.6 is 0 Å². The molecule has 0 saturated carbocycles. The van der Waals surface area contributed by atoms with Crippen LogP contribution in [-0.4, -0.2) is 66.8 Å². The summed E-state index contributed by atoms with van der Waals surface area (Å²) in [6.07, 6.45) is -3.66. The molecule has 3 heterocycles. The molecule has 1 aliphatic heterocycles. The summed E-state index contributed by atoms with van der Waals surface area (Å²) in [5.74, 6) is -1.56. The highest BCUT2D eigenvalue weighted by molar-refractivity contribution is 5.95. The average Bonchev–Trinajstić information content (AvgIpc) is 3.67. The molecule has 1 N–H and O–H groups in total. The maximum absolute atomic E-state index is 13.1. The SMILES string of the molecule is CC(C)(C)OC(=O)n1ncc2cc(Nc3nc(-c4cccc(CC(=O)C5CCCN5C(=O)C(F)(F)F)c4)nc4ccccc34)ccc21. The fourth-order valence-electron chi connectivity index (χ4n) is 5.65. The lowest BCUT2D eigenvalue weighted by Gasteiger charge is -2.24. The van der Waals surface area contributed by atoms with E-state index in [1.807, 2.05) is 30.3 Å². The van der Waals surface area contributed by atoms with Gasteiger partial charge >= 0.3 is 18.2 Å². The minimum Gasteiger partial charge on any atom is -0.442 e. The predicted molar refractivity (Wildman–Crippen MR) is 169 cm³/mol. The van der Waals surface area contributed by atoms with Crippen LogP contribution < -0.4 is 5.32 Å². The zero-order valence-electron chi connectivity index (χ0n) is 25.8. The van der Waals surface area contributed by atoms with Crippen molar-refractivity contribution in [3.8, 4) is 11.4 Å². The molecule has 13 heteroatoms. The van der Waals surface area contributed by atoms with Crippen molar-refractivity contribution in [1.29, 1.82) is 0 Å².